The van der Waals surface area contributed by atoms with Crippen LogP contribution in [0.2, 0.25) is 0 Å². The van der Waals surface area contributed by atoms with E-state index in [1.807, 2.05) is 0 Å². The molecule has 1 aliphatic carbocycles. The van der Waals surface area contributed by atoms with Gasteiger partial charge < -0.3 is 0 Å². The molecular formula is C7H14BrNO2S. The summed E-state index contributed by atoms with van der Waals surface area (Å²) in [7, 11) is -1.37. The minimum absolute atomic E-state index is 0.0310. The number of sulfonamides is 1. The highest BCUT2D eigenvalue weighted by atomic mass is 79.9. The van der Waals surface area contributed by atoms with Crippen molar-refractivity contribution >= 4 is 26.0 Å². The fourth-order valence-electron chi connectivity index (χ4n) is 1.24. The maximum atomic E-state index is 11.3. The Bertz CT molecular complexity index is 236. The van der Waals surface area contributed by atoms with E-state index in [4.69, 9.17) is 0 Å². The molecule has 0 N–H and O–H groups in total. The summed E-state index contributed by atoms with van der Waals surface area (Å²) in [5, 5.41) is 0. The molecule has 0 atom stereocenters. The highest BCUT2D eigenvalue weighted by Crippen LogP contribution is 2.27. The molecule has 72 valence electrons. The van der Waals surface area contributed by atoms with E-state index in [-0.39, 0.29) is 4.66 Å². The van der Waals surface area contributed by atoms with E-state index in [9.17, 15) is 8.42 Å². The van der Waals surface area contributed by atoms with Gasteiger partial charge in [-0.25, -0.2) is 12.7 Å². The Labute approximate surface area is 82.3 Å². The third-order valence-electron chi connectivity index (χ3n) is 2.35. The lowest BCUT2D eigenvalue weighted by Crippen LogP contribution is -2.34. The topological polar surface area (TPSA) is 37.4 Å². The molecule has 12 heavy (non-hydrogen) atoms. The van der Waals surface area contributed by atoms with Crippen LogP contribution in [-0.4, -0.2) is 31.0 Å². The first-order chi connectivity index (χ1) is 5.56. The second-order valence-electron chi connectivity index (χ2n) is 3.30. The fraction of sp³-hybridized carbons (Fsp3) is 1.00. The smallest absolute Gasteiger partial charge is 0.211 e. The van der Waals surface area contributed by atoms with Gasteiger partial charge in [-0.2, -0.15) is 0 Å². The molecule has 0 aromatic heterocycles. The van der Waals surface area contributed by atoms with E-state index in [0.717, 1.165) is 0 Å². The summed E-state index contributed by atoms with van der Waals surface area (Å²) in [4.78, 5) is 0. The molecule has 1 rings (SSSR count). The van der Waals surface area contributed by atoms with Crippen molar-refractivity contribution in [2.75, 3.05) is 18.3 Å². The molecule has 3 nitrogen and oxygen atoms in total. The molecule has 0 bridgehead atoms. The summed E-state index contributed by atoms with van der Waals surface area (Å²) in [5.41, 5.74) is 0. The highest BCUT2D eigenvalue weighted by molar-refractivity contribution is 9.10. The maximum absolute atomic E-state index is 11.3. The minimum Gasteiger partial charge on any atom is -0.211 e. The zero-order valence-electron chi connectivity index (χ0n) is 7.16. The van der Waals surface area contributed by atoms with Crippen molar-refractivity contribution in [2.24, 2.45) is 5.92 Å². The van der Waals surface area contributed by atoms with E-state index >= 15 is 0 Å². The molecule has 1 fully saturated rings. The maximum Gasteiger partial charge on any atom is 0.223 e. The zero-order chi connectivity index (χ0) is 9.19. The number of halogens is 1. The second kappa shape index (κ2) is 4.07. The van der Waals surface area contributed by atoms with Crippen LogP contribution in [0.25, 0.3) is 0 Å². The van der Waals surface area contributed by atoms with Crippen LogP contribution in [0.5, 0.6) is 0 Å². The molecule has 0 unspecified atom stereocenters. The highest BCUT2D eigenvalue weighted by Gasteiger charge is 2.24. The van der Waals surface area contributed by atoms with E-state index in [2.05, 4.69) is 15.9 Å². The summed E-state index contributed by atoms with van der Waals surface area (Å²) in [6, 6.07) is 0. The Kier molecular flexibility index (Phi) is 3.55. The lowest BCUT2D eigenvalue weighted by molar-refractivity contribution is 0.263. The second-order valence-corrected chi connectivity index (χ2v) is 6.68. The largest absolute Gasteiger partial charge is 0.223 e. The molecule has 0 aliphatic heterocycles. The first-order valence-electron chi connectivity index (χ1n) is 4.06. The van der Waals surface area contributed by atoms with Crippen LogP contribution in [0, 0.1) is 5.92 Å². The Balaban J connectivity index is 2.41. The van der Waals surface area contributed by atoms with Crippen molar-refractivity contribution in [1.82, 2.24) is 4.31 Å². The monoisotopic (exact) mass is 255 g/mol. The number of hydrogen-bond acceptors (Lipinski definition) is 2. The Morgan fingerprint density at radius 3 is 2.42 bits per heavy atom. The average molecular weight is 256 g/mol. The van der Waals surface area contributed by atoms with Gasteiger partial charge in [0, 0.05) is 13.6 Å². The fourth-order valence-corrected chi connectivity index (χ4v) is 2.89. The predicted molar refractivity (Wildman–Crippen MR) is 52.7 cm³/mol. The molecule has 1 aliphatic rings. The van der Waals surface area contributed by atoms with Crippen LogP contribution < -0.4 is 0 Å². The summed E-state index contributed by atoms with van der Waals surface area (Å²) in [5.74, 6) is 0.601. The Morgan fingerprint density at radius 2 is 2.08 bits per heavy atom. The van der Waals surface area contributed by atoms with Gasteiger partial charge in [0.05, 0.1) is 0 Å². The third-order valence-corrected chi connectivity index (χ3v) is 5.46. The molecule has 1 saturated carbocycles. The predicted octanol–water partition coefficient (Wildman–Crippen LogP) is 1.40. The molecule has 5 heteroatoms. The lowest BCUT2D eigenvalue weighted by Gasteiger charge is -2.29. The quantitative estimate of drug-likeness (QED) is 0.713. The van der Waals surface area contributed by atoms with E-state index in [1.165, 1.54) is 23.6 Å². The molecule has 0 heterocycles. The van der Waals surface area contributed by atoms with Crippen molar-refractivity contribution in [2.45, 2.75) is 19.3 Å². The van der Waals surface area contributed by atoms with Crippen LogP contribution in [0.3, 0.4) is 0 Å². The van der Waals surface area contributed by atoms with E-state index in [1.54, 1.807) is 7.05 Å². The van der Waals surface area contributed by atoms with Gasteiger partial charge in [0.1, 0.15) is 4.66 Å². The van der Waals surface area contributed by atoms with Gasteiger partial charge in [-0.15, -0.1) is 0 Å². The Hall–Kier alpha value is 0.390. The normalized spacial score (nSPS) is 19.6. The van der Waals surface area contributed by atoms with Crippen molar-refractivity contribution in [3.05, 3.63) is 0 Å². The van der Waals surface area contributed by atoms with Gasteiger partial charge >= 0.3 is 0 Å². The number of hydrogen-bond donors (Lipinski definition) is 0. The first kappa shape index (κ1) is 10.5. The van der Waals surface area contributed by atoms with Crippen LogP contribution in [-0.2, 0) is 10.0 Å². The third kappa shape index (κ3) is 2.44. The van der Waals surface area contributed by atoms with Crippen molar-refractivity contribution < 1.29 is 8.42 Å². The van der Waals surface area contributed by atoms with Gasteiger partial charge in [0.15, 0.2) is 0 Å². The van der Waals surface area contributed by atoms with Crippen LogP contribution in [0.15, 0.2) is 0 Å². The standard InChI is InChI=1S/C7H14BrNO2S/c1-9(12(10,11)6-8)5-7-3-2-4-7/h7H,2-6H2,1H3. The molecule has 0 aromatic rings. The summed E-state index contributed by atoms with van der Waals surface area (Å²) < 4.78 is 24.0. The van der Waals surface area contributed by atoms with Gasteiger partial charge in [-0.1, -0.05) is 22.4 Å². The van der Waals surface area contributed by atoms with Gasteiger partial charge in [0.2, 0.25) is 10.0 Å². The summed E-state index contributed by atoms with van der Waals surface area (Å²) in [6.45, 7) is 0.688. The average Bonchev–Trinajstić information content (AvgIpc) is 1.96. The van der Waals surface area contributed by atoms with Gasteiger partial charge in [-0.3, -0.25) is 0 Å². The zero-order valence-corrected chi connectivity index (χ0v) is 9.57. The Morgan fingerprint density at radius 1 is 1.50 bits per heavy atom. The van der Waals surface area contributed by atoms with Gasteiger partial charge in [0.25, 0.3) is 0 Å². The number of alkyl halides is 1. The molecular weight excluding hydrogens is 242 g/mol. The SMILES string of the molecule is CN(CC1CCC1)S(=O)(=O)CBr. The van der Waals surface area contributed by atoms with Crippen molar-refractivity contribution in [3.8, 4) is 0 Å². The van der Waals surface area contributed by atoms with Crippen LogP contribution in [0.4, 0.5) is 0 Å². The van der Waals surface area contributed by atoms with Gasteiger partial charge in [-0.05, 0) is 18.8 Å². The molecule has 0 amide bonds. The van der Waals surface area contributed by atoms with Crippen molar-refractivity contribution in [3.63, 3.8) is 0 Å². The van der Waals surface area contributed by atoms with Crippen LogP contribution >= 0.6 is 15.9 Å². The molecule has 0 radical (unpaired) electrons. The van der Waals surface area contributed by atoms with E-state index < -0.39 is 10.0 Å². The number of rotatable bonds is 4. The lowest BCUT2D eigenvalue weighted by atomic mass is 9.86. The van der Waals surface area contributed by atoms with Crippen LogP contribution in [0.1, 0.15) is 19.3 Å². The molecule has 0 aromatic carbocycles. The van der Waals surface area contributed by atoms with Crippen molar-refractivity contribution in [1.29, 1.82) is 0 Å². The summed E-state index contributed by atoms with van der Waals surface area (Å²) in [6.07, 6.45) is 3.62. The first-order valence-corrected chi connectivity index (χ1v) is 6.79. The minimum atomic E-state index is -3.02. The van der Waals surface area contributed by atoms with E-state index in [0.29, 0.717) is 12.5 Å². The molecule has 0 spiro atoms. The summed E-state index contributed by atoms with van der Waals surface area (Å²) >= 11 is 2.97. The molecule has 0 saturated heterocycles. The number of nitrogens with zero attached hydrogens (tertiary/aromatic N) is 1.